The summed E-state index contributed by atoms with van der Waals surface area (Å²) >= 11 is 5.89. The zero-order valence-electron chi connectivity index (χ0n) is 16.0. The number of rotatable bonds is 8. The molecule has 0 aliphatic heterocycles. The van der Waals surface area contributed by atoms with Gasteiger partial charge < -0.3 is 14.9 Å². The van der Waals surface area contributed by atoms with E-state index in [0.29, 0.717) is 16.5 Å². The monoisotopic (exact) mass is 441 g/mol. The van der Waals surface area contributed by atoms with Crippen molar-refractivity contribution >= 4 is 23.2 Å². The maximum atomic E-state index is 12.6. The van der Waals surface area contributed by atoms with Gasteiger partial charge in [-0.15, -0.1) is 0 Å². The second-order valence-electron chi connectivity index (χ2n) is 6.71. The van der Waals surface area contributed by atoms with Gasteiger partial charge in [-0.3, -0.25) is 4.79 Å². The Morgan fingerprint density at radius 1 is 1.30 bits per heavy atom. The number of halogens is 4. The van der Waals surface area contributed by atoms with E-state index in [1.54, 1.807) is 24.3 Å². The predicted octanol–water partition coefficient (Wildman–Crippen LogP) is 4.49. The van der Waals surface area contributed by atoms with Crippen molar-refractivity contribution in [1.82, 2.24) is 10.3 Å². The van der Waals surface area contributed by atoms with Gasteiger partial charge in [-0.25, -0.2) is 4.98 Å². The fourth-order valence-corrected chi connectivity index (χ4v) is 2.86. The van der Waals surface area contributed by atoms with E-state index < -0.39 is 18.7 Å². The normalized spacial score (nSPS) is 14.4. The number of nitrogens with one attached hydrogen (secondary N) is 1. The van der Waals surface area contributed by atoms with Crippen molar-refractivity contribution in [3.05, 3.63) is 47.1 Å². The van der Waals surface area contributed by atoms with Gasteiger partial charge >= 0.3 is 6.18 Å². The molecule has 2 aromatic rings. The Morgan fingerprint density at radius 3 is 2.60 bits per heavy atom. The van der Waals surface area contributed by atoms with Crippen molar-refractivity contribution in [2.45, 2.75) is 19.0 Å². The average molecular weight is 442 g/mol. The Balaban J connectivity index is 1.82. The molecule has 1 heterocycles. The molecule has 0 unspecified atom stereocenters. The minimum atomic E-state index is -4.52. The summed E-state index contributed by atoms with van der Waals surface area (Å²) in [5.74, 6) is -0.374. The first-order valence-electron chi connectivity index (χ1n) is 9.10. The SMILES string of the molecule is CO/N=C(\CNC(=O)c1cnc(OCC(F)(F)F)c(-c2ccc(Cl)cc2)c1)C1CC1. The Morgan fingerprint density at radius 2 is 2.00 bits per heavy atom. The summed E-state index contributed by atoms with van der Waals surface area (Å²) in [5, 5.41) is 7.13. The lowest BCUT2D eigenvalue weighted by Crippen LogP contribution is -2.30. The van der Waals surface area contributed by atoms with E-state index >= 15 is 0 Å². The summed E-state index contributed by atoms with van der Waals surface area (Å²) < 4.78 is 42.6. The van der Waals surface area contributed by atoms with Crippen molar-refractivity contribution in [1.29, 1.82) is 0 Å². The van der Waals surface area contributed by atoms with Crippen LogP contribution >= 0.6 is 11.6 Å². The van der Waals surface area contributed by atoms with E-state index in [0.717, 1.165) is 18.6 Å². The first kappa shape index (κ1) is 21.9. The Kier molecular flexibility index (Phi) is 6.81. The summed E-state index contributed by atoms with van der Waals surface area (Å²) in [4.78, 5) is 21.3. The molecule has 0 atom stereocenters. The molecule has 0 bridgehead atoms. The maximum absolute atomic E-state index is 12.6. The number of aromatic nitrogens is 1. The fraction of sp³-hybridized carbons (Fsp3) is 0.350. The molecule has 160 valence electrons. The van der Waals surface area contributed by atoms with Crippen molar-refractivity contribution in [2.75, 3.05) is 20.3 Å². The Bertz CT molecular complexity index is 929. The molecule has 1 saturated carbocycles. The molecule has 0 spiro atoms. The Hall–Kier alpha value is -2.81. The molecule has 30 heavy (non-hydrogen) atoms. The van der Waals surface area contributed by atoms with Gasteiger partial charge in [0.15, 0.2) is 6.61 Å². The van der Waals surface area contributed by atoms with E-state index in [-0.39, 0.29) is 23.6 Å². The number of amides is 1. The molecule has 1 aliphatic carbocycles. The number of benzene rings is 1. The van der Waals surface area contributed by atoms with Crippen molar-refractivity contribution < 1.29 is 27.5 Å². The summed E-state index contributed by atoms with van der Waals surface area (Å²) in [6, 6.07) is 7.82. The van der Waals surface area contributed by atoms with E-state index in [1.165, 1.54) is 19.4 Å². The first-order valence-corrected chi connectivity index (χ1v) is 9.48. The maximum Gasteiger partial charge on any atom is 0.422 e. The lowest BCUT2D eigenvalue weighted by atomic mass is 10.0. The van der Waals surface area contributed by atoms with Gasteiger partial charge in [-0.05, 0) is 36.6 Å². The van der Waals surface area contributed by atoms with Crippen LogP contribution in [0.15, 0.2) is 41.7 Å². The lowest BCUT2D eigenvalue weighted by molar-refractivity contribution is -0.154. The minimum Gasteiger partial charge on any atom is -0.468 e. The third kappa shape index (κ3) is 6.09. The number of hydrogen-bond acceptors (Lipinski definition) is 5. The first-order chi connectivity index (χ1) is 14.3. The molecule has 0 radical (unpaired) electrons. The van der Waals surface area contributed by atoms with Crippen LogP contribution in [0.5, 0.6) is 5.88 Å². The predicted molar refractivity (Wildman–Crippen MR) is 106 cm³/mol. The van der Waals surface area contributed by atoms with E-state index in [2.05, 4.69) is 15.5 Å². The number of oxime groups is 1. The van der Waals surface area contributed by atoms with Crippen molar-refractivity contribution in [3.63, 3.8) is 0 Å². The molecule has 0 saturated heterocycles. The van der Waals surface area contributed by atoms with Crippen LogP contribution in [0.2, 0.25) is 5.02 Å². The number of ether oxygens (including phenoxy) is 1. The lowest BCUT2D eigenvalue weighted by Gasteiger charge is -2.14. The topological polar surface area (TPSA) is 72.8 Å². The zero-order valence-corrected chi connectivity index (χ0v) is 16.8. The second-order valence-corrected chi connectivity index (χ2v) is 7.15. The largest absolute Gasteiger partial charge is 0.468 e. The highest BCUT2D eigenvalue weighted by molar-refractivity contribution is 6.30. The third-order valence-corrected chi connectivity index (χ3v) is 4.58. The van der Waals surface area contributed by atoms with Gasteiger partial charge in [0, 0.05) is 22.7 Å². The van der Waals surface area contributed by atoms with Crippen LogP contribution in [0.4, 0.5) is 13.2 Å². The fourth-order valence-electron chi connectivity index (χ4n) is 2.74. The minimum absolute atomic E-state index is 0.173. The number of carbonyl (C=O) groups is 1. The van der Waals surface area contributed by atoms with Gasteiger partial charge in [0.1, 0.15) is 7.11 Å². The third-order valence-electron chi connectivity index (χ3n) is 4.33. The highest BCUT2D eigenvalue weighted by atomic mass is 35.5. The number of hydrogen-bond donors (Lipinski definition) is 1. The standard InChI is InChI=1S/C20H19ClF3N3O3/c1-29-27-17(13-2-3-13)10-25-18(28)14-8-16(12-4-6-15(21)7-5-12)19(26-9-14)30-11-20(22,23)24/h4-9,13H,2-3,10-11H2,1H3,(H,25,28)/b27-17+. The molecular weight excluding hydrogens is 423 g/mol. The van der Waals surface area contributed by atoms with Gasteiger partial charge in [0.05, 0.1) is 17.8 Å². The van der Waals surface area contributed by atoms with Crippen LogP contribution in [0.3, 0.4) is 0 Å². The van der Waals surface area contributed by atoms with E-state index in [4.69, 9.17) is 21.2 Å². The molecule has 6 nitrogen and oxygen atoms in total. The highest BCUT2D eigenvalue weighted by Crippen LogP contribution is 2.32. The zero-order chi connectivity index (χ0) is 21.7. The van der Waals surface area contributed by atoms with E-state index in [1.807, 2.05) is 0 Å². The van der Waals surface area contributed by atoms with Crippen molar-refractivity contribution in [2.24, 2.45) is 11.1 Å². The van der Waals surface area contributed by atoms with Crippen LogP contribution in [-0.2, 0) is 4.84 Å². The van der Waals surface area contributed by atoms with Crippen molar-refractivity contribution in [3.8, 4) is 17.0 Å². The average Bonchev–Trinajstić information content (AvgIpc) is 3.54. The molecule has 1 aromatic carbocycles. The molecule has 1 aromatic heterocycles. The van der Waals surface area contributed by atoms with Crippen LogP contribution in [0.1, 0.15) is 23.2 Å². The number of pyridine rings is 1. The number of alkyl halides is 3. The second kappa shape index (κ2) is 9.34. The smallest absolute Gasteiger partial charge is 0.422 e. The quantitative estimate of drug-likeness (QED) is 0.484. The molecule has 1 amide bonds. The van der Waals surface area contributed by atoms with Crippen LogP contribution in [0.25, 0.3) is 11.1 Å². The van der Waals surface area contributed by atoms with Crippen LogP contribution < -0.4 is 10.1 Å². The molecule has 1 fully saturated rings. The Labute approximate surface area is 176 Å². The number of carbonyl (C=O) groups excluding carboxylic acids is 1. The van der Waals surface area contributed by atoms with Gasteiger partial charge in [-0.2, -0.15) is 13.2 Å². The van der Waals surface area contributed by atoms with Crippen LogP contribution in [0, 0.1) is 5.92 Å². The molecule has 3 rings (SSSR count). The summed E-state index contributed by atoms with van der Waals surface area (Å²) in [5.41, 5.74) is 1.67. The molecule has 10 heteroatoms. The number of nitrogens with zero attached hydrogens (tertiary/aromatic N) is 2. The molecular formula is C20H19ClF3N3O3. The van der Waals surface area contributed by atoms with E-state index in [9.17, 15) is 18.0 Å². The van der Waals surface area contributed by atoms with Gasteiger partial charge in [-0.1, -0.05) is 28.9 Å². The molecule has 1 N–H and O–H groups in total. The summed E-state index contributed by atoms with van der Waals surface area (Å²) in [7, 11) is 1.44. The summed E-state index contributed by atoms with van der Waals surface area (Å²) in [6.07, 6.45) is -1.36. The van der Waals surface area contributed by atoms with Gasteiger partial charge in [0.2, 0.25) is 5.88 Å². The highest BCUT2D eigenvalue weighted by Gasteiger charge is 2.30. The van der Waals surface area contributed by atoms with Gasteiger partial charge in [0.25, 0.3) is 5.91 Å². The van der Waals surface area contributed by atoms with Crippen LogP contribution in [-0.4, -0.2) is 43.0 Å². The summed E-state index contributed by atoms with van der Waals surface area (Å²) in [6.45, 7) is -1.29. The molecule has 1 aliphatic rings.